The van der Waals surface area contributed by atoms with Crippen LogP contribution in [0, 0.1) is 0 Å². The van der Waals surface area contributed by atoms with Gasteiger partial charge in [0.15, 0.2) is 5.78 Å². The number of rotatable bonds is 6. The van der Waals surface area contributed by atoms with Crippen molar-refractivity contribution in [2.45, 2.75) is 26.3 Å². The van der Waals surface area contributed by atoms with Crippen LogP contribution in [0.15, 0.2) is 17.2 Å². The van der Waals surface area contributed by atoms with E-state index in [1.807, 2.05) is 0 Å². The van der Waals surface area contributed by atoms with E-state index in [0.717, 1.165) is 4.57 Å². The maximum absolute atomic E-state index is 11.5. The molecule has 6 nitrogen and oxygen atoms in total. The number of aromatic nitrogens is 2. The second-order valence-corrected chi connectivity index (χ2v) is 3.96. The first kappa shape index (κ1) is 14.4. The highest BCUT2D eigenvalue weighted by Gasteiger charge is 2.09. The number of ketones is 1. The van der Waals surface area contributed by atoms with E-state index in [-0.39, 0.29) is 36.8 Å². The topological polar surface area (TPSA) is 78.3 Å². The maximum atomic E-state index is 11.5. The second-order valence-electron chi connectivity index (χ2n) is 3.53. The van der Waals surface area contributed by atoms with Crippen LogP contribution in [0.2, 0.25) is 5.02 Å². The summed E-state index contributed by atoms with van der Waals surface area (Å²) >= 11 is 5.66. The summed E-state index contributed by atoms with van der Waals surface area (Å²) in [7, 11) is 0. The SMILES string of the molecule is CCOC(=O)CCC(=O)Cn1cc(Cl)cnc1=O. The van der Waals surface area contributed by atoms with Crippen LogP contribution in [0.3, 0.4) is 0 Å². The molecular formula is C11H13ClN2O4. The van der Waals surface area contributed by atoms with Gasteiger partial charge in [-0.2, -0.15) is 0 Å². The molecule has 7 heteroatoms. The maximum Gasteiger partial charge on any atom is 0.348 e. The molecule has 1 rings (SSSR count). The quantitative estimate of drug-likeness (QED) is 0.716. The number of nitrogens with zero attached hydrogens (tertiary/aromatic N) is 2. The van der Waals surface area contributed by atoms with Gasteiger partial charge in [-0.15, -0.1) is 0 Å². The number of hydrogen-bond acceptors (Lipinski definition) is 5. The van der Waals surface area contributed by atoms with Crippen molar-refractivity contribution in [3.05, 3.63) is 27.9 Å². The molecule has 18 heavy (non-hydrogen) atoms. The van der Waals surface area contributed by atoms with Gasteiger partial charge in [0.25, 0.3) is 0 Å². The van der Waals surface area contributed by atoms with E-state index in [1.165, 1.54) is 12.4 Å². The Kier molecular flexibility index (Phi) is 5.51. The molecule has 1 heterocycles. The highest BCUT2D eigenvalue weighted by molar-refractivity contribution is 6.30. The van der Waals surface area contributed by atoms with Gasteiger partial charge in [0.1, 0.15) is 0 Å². The lowest BCUT2D eigenvalue weighted by atomic mass is 10.2. The average Bonchev–Trinajstić information content (AvgIpc) is 2.32. The zero-order valence-electron chi connectivity index (χ0n) is 9.89. The standard InChI is InChI=1S/C11H13ClN2O4/c1-2-18-10(16)4-3-9(15)7-14-6-8(12)5-13-11(14)17/h5-6H,2-4,7H2,1H3. The first-order valence-electron chi connectivity index (χ1n) is 5.42. The zero-order valence-corrected chi connectivity index (χ0v) is 10.6. The number of esters is 1. The minimum absolute atomic E-state index is 0.00934. The molecule has 0 atom stereocenters. The average molecular weight is 273 g/mol. The Morgan fingerprint density at radius 1 is 1.44 bits per heavy atom. The third-order valence-electron chi connectivity index (χ3n) is 2.08. The van der Waals surface area contributed by atoms with Crippen LogP contribution in [-0.2, 0) is 20.9 Å². The molecule has 0 bridgehead atoms. The molecule has 0 aromatic carbocycles. The van der Waals surface area contributed by atoms with Gasteiger partial charge in [0, 0.05) is 12.6 Å². The number of Topliss-reactive ketones (excluding diaryl/α,β-unsaturated/α-hetero) is 1. The van der Waals surface area contributed by atoms with Crippen molar-refractivity contribution in [3.8, 4) is 0 Å². The minimum atomic E-state index is -0.552. The van der Waals surface area contributed by atoms with Crippen molar-refractivity contribution >= 4 is 23.4 Å². The molecule has 0 aliphatic heterocycles. The van der Waals surface area contributed by atoms with Crippen LogP contribution < -0.4 is 5.69 Å². The molecule has 0 spiro atoms. The molecule has 0 saturated heterocycles. The van der Waals surface area contributed by atoms with Gasteiger partial charge < -0.3 is 4.74 Å². The van der Waals surface area contributed by atoms with Crippen molar-refractivity contribution in [1.29, 1.82) is 0 Å². The number of hydrogen-bond donors (Lipinski definition) is 0. The molecular weight excluding hydrogens is 260 g/mol. The molecule has 1 aromatic rings. The molecule has 98 valence electrons. The van der Waals surface area contributed by atoms with Gasteiger partial charge in [-0.05, 0) is 6.92 Å². The van der Waals surface area contributed by atoms with E-state index in [4.69, 9.17) is 16.3 Å². The summed E-state index contributed by atoms with van der Waals surface area (Å²) < 4.78 is 5.80. The molecule has 0 fully saturated rings. The fourth-order valence-corrected chi connectivity index (χ4v) is 1.45. The summed E-state index contributed by atoms with van der Waals surface area (Å²) in [5.74, 6) is -0.684. The Balaban J connectivity index is 2.52. The van der Waals surface area contributed by atoms with E-state index in [0.29, 0.717) is 0 Å². The van der Waals surface area contributed by atoms with Crippen molar-refractivity contribution < 1.29 is 14.3 Å². The first-order valence-corrected chi connectivity index (χ1v) is 5.80. The molecule has 0 unspecified atom stereocenters. The van der Waals surface area contributed by atoms with Crippen LogP contribution in [0.25, 0.3) is 0 Å². The predicted octanol–water partition coefficient (Wildman–Crippen LogP) is 0.809. The molecule has 0 aliphatic rings. The van der Waals surface area contributed by atoms with E-state index in [2.05, 4.69) is 4.98 Å². The van der Waals surface area contributed by atoms with Crippen LogP contribution >= 0.6 is 11.6 Å². The molecule has 1 aromatic heterocycles. The van der Waals surface area contributed by atoms with Gasteiger partial charge in [-0.25, -0.2) is 9.78 Å². The molecule has 0 amide bonds. The highest BCUT2D eigenvalue weighted by atomic mass is 35.5. The normalized spacial score (nSPS) is 10.1. The van der Waals surface area contributed by atoms with Gasteiger partial charge in [0.05, 0.1) is 30.8 Å². The van der Waals surface area contributed by atoms with Crippen molar-refractivity contribution in [1.82, 2.24) is 9.55 Å². The van der Waals surface area contributed by atoms with E-state index < -0.39 is 11.7 Å². The summed E-state index contributed by atoms with van der Waals surface area (Å²) in [6, 6.07) is 0. The van der Waals surface area contributed by atoms with Crippen LogP contribution in [0.5, 0.6) is 0 Å². The van der Waals surface area contributed by atoms with Crippen LogP contribution in [0.1, 0.15) is 19.8 Å². The fourth-order valence-electron chi connectivity index (χ4n) is 1.29. The lowest BCUT2D eigenvalue weighted by molar-refractivity contribution is -0.144. The van der Waals surface area contributed by atoms with Crippen molar-refractivity contribution in [3.63, 3.8) is 0 Å². The Bertz CT molecular complexity index is 498. The monoisotopic (exact) mass is 272 g/mol. The Morgan fingerprint density at radius 3 is 2.83 bits per heavy atom. The summed E-state index contributed by atoms with van der Waals surface area (Å²) in [6.45, 7) is 1.83. The smallest absolute Gasteiger partial charge is 0.348 e. The summed E-state index contributed by atoms with van der Waals surface area (Å²) in [5.41, 5.74) is -0.552. The summed E-state index contributed by atoms with van der Waals surface area (Å²) in [5, 5.41) is 0.271. The summed E-state index contributed by atoms with van der Waals surface area (Å²) in [4.78, 5) is 37.4. The van der Waals surface area contributed by atoms with E-state index in [9.17, 15) is 14.4 Å². The Hall–Kier alpha value is -1.69. The largest absolute Gasteiger partial charge is 0.466 e. The van der Waals surface area contributed by atoms with Crippen molar-refractivity contribution in [2.24, 2.45) is 0 Å². The van der Waals surface area contributed by atoms with Gasteiger partial charge in [-0.3, -0.25) is 14.2 Å². The van der Waals surface area contributed by atoms with Crippen LogP contribution in [-0.4, -0.2) is 27.9 Å². The Labute approximate surface area is 109 Å². The minimum Gasteiger partial charge on any atom is -0.466 e. The third kappa shape index (κ3) is 4.67. The third-order valence-corrected chi connectivity index (χ3v) is 2.28. The number of carbonyl (C=O) groups is 2. The van der Waals surface area contributed by atoms with Gasteiger partial charge >= 0.3 is 11.7 Å². The molecule has 0 radical (unpaired) electrons. The zero-order chi connectivity index (χ0) is 13.5. The fraction of sp³-hybridized carbons (Fsp3) is 0.455. The second kappa shape index (κ2) is 6.90. The van der Waals surface area contributed by atoms with Gasteiger partial charge in [0.2, 0.25) is 0 Å². The first-order chi connectivity index (χ1) is 8.52. The summed E-state index contributed by atoms with van der Waals surface area (Å²) in [6.07, 6.45) is 2.58. The number of ether oxygens (including phenoxy) is 1. The van der Waals surface area contributed by atoms with E-state index in [1.54, 1.807) is 6.92 Å². The number of halogens is 1. The molecule has 0 saturated carbocycles. The van der Waals surface area contributed by atoms with Crippen molar-refractivity contribution in [2.75, 3.05) is 6.61 Å². The lowest BCUT2D eigenvalue weighted by Gasteiger charge is -2.04. The van der Waals surface area contributed by atoms with E-state index >= 15 is 0 Å². The molecule has 0 N–H and O–H groups in total. The van der Waals surface area contributed by atoms with Gasteiger partial charge in [-0.1, -0.05) is 11.6 Å². The molecule has 0 aliphatic carbocycles. The predicted molar refractivity (Wildman–Crippen MR) is 64.4 cm³/mol. The highest BCUT2D eigenvalue weighted by Crippen LogP contribution is 2.02. The van der Waals surface area contributed by atoms with Crippen LogP contribution in [0.4, 0.5) is 0 Å². The Morgan fingerprint density at radius 2 is 2.17 bits per heavy atom. The number of carbonyl (C=O) groups excluding carboxylic acids is 2. The lowest BCUT2D eigenvalue weighted by Crippen LogP contribution is -2.26.